The Balaban J connectivity index is 1.52. The number of fused-ring (bicyclic) bond motifs is 1. The molecule has 2 aliphatic rings. The molecular weight excluding hydrogens is 336 g/mol. The Morgan fingerprint density at radius 1 is 1.38 bits per heavy atom. The molecule has 0 unspecified atom stereocenters. The fourth-order valence-electron chi connectivity index (χ4n) is 3.75. The molecule has 26 heavy (non-hydrogen) atoms. The molecule has 2 amide bonds. The lowest BCUT2D eigenvalue weighted by molar-refractivity contribution is -0.143. The Bertz CT molecular complexity index is 645. The van der Waals surface area contributed by atoms with E-state index in [2.05, 4.69) is 5.10 Å². The molecule has 0 bridgehead atoms. The van der Waals surface area contributed by atoms with Crippen LogP contribution in [0.4, 0.5) is 0 Å². The fourth-order valence-corrected chi connectivity index (χ4v) is 3.75. The molecule has 2 fully saturated rings. The van der Waals surface area contributed by atoms with E-state index < -0.39 is 0 Å². The third-order valence-electron chi connectivity index (χ3n) is 5.13. The summed E-state index contributed by atoms with van der Waals surface area (Å²) in [5.74, 6) is 0.374. The van der Waals surface area contributed by atoms with Gasteiger partial charge in [-0.2, -0.15) is 5.10 Å². The Kier molecular flexibility index (Phi) is 5.93. The summed E-state index contributed by atoms with van der Waals surface area (Å²) in [6.45, 7) is 1.82. The van der Waals surface area contributed by atoms with Crippen molar-refractivity contribution in [1.82, 2.24) is 19.6 Å². The molecule has 1 aliphatic carbocycles. The minimum atomic E-state index is -0.0381. The van der Waals surface area contributed by atoms with Crippen LogP contribution in [0.1, 0.15) is 18.5 Å². The van der Waals surface area contributed by atoms with Gasteiger partial charge in [-0.1, -0.05) is 0 Å². The number of carbonyl (C=O) groups excluding carboxylic acids is 2. The number of aryl methyl sites for hydroxylation is 1. The van der Waals surface area contributed by atoms with Gasteiger partial charge in [-0.15, -0.1) is 0 Å². The van der Waals surface area contributed by atoms with Gasteiger partial charge in [0.1, 0.15) is 6.61 Å². The van der Waals surface area contributed by atoms with E-state index in [4.69, 9.17) is 9.47 Å². The van der Waals surface area contributed by atoms with Crippen molar-refractivity contribution in [3.05, 3.63) is 18.0 Å². The van der Waals surface area contributed by atoms with Crippen LogP contribution in [0.2, 0.25) is 0 Å². The Morgan fingerprint density at radius 2 is 2.19 bits per heavy atom. The highest BCUT2D eigenvalue weighted by Crippen LogP contribution is 2.34. The standard InChI is InChI=1S/C18H28N4O4/c1-20(2)18(24)12-25-11-13-8-15-16(9-13)26-7-6-22(15)17(23)10-14-4-5-21(3)19-14/h4-5,13,15-16H,6-12H2,1-3H3/t13-,15-,16+/m0/s1. The van der Waals surface area contributed by atoms with Gasteiger partial charge >= 0.3 is 0 Å². The predicted molar refractivity (Wildman–Crippen MR) is 94.4 cm³/mol. The van der Waals surface area contributed by atoms with Gasteiger partial charge in [0.2, 0.25) is 11.8 Å². The van der Waals surface area contributed by atoms with Crippen molar-refractivity contribution in [2.75, 3.05) is 40.5 Å². The largest absolute Gasteiger partial charge is 0.374 e. The van der Waals surface area contributed by atoms with Gasteiger partial charge in [-0.3, -0.25) is 14.3 Å². The lowest BCUT2D eigenvalue weighted by Gasteiger charge is -2.37. The van der Waals surface area contributed by atoms with Crippen LogP contribution in [0.15, 0.2) is 12.3 Å². The summed E-state index contributed by atoms with van der Waals surface area (Å²) < 4.78 is 13.2. The van der Waals surface area contributed by atoms with Crippen molar-refractivity contribution in [2.45, 2.75) is 31.4 Å². The number of aromatic nitrogens is 2. The maximum absolute atomic E-state index is 12.7. The maximum atomic E-state index is 12.7. The summed E-state index contributed by atoms with van der Waals surface area (Å²) in [5.41, 5.74) is 0.792. The van der Waals surface area contributed by atoms with E-state index in [0.29, 0.717) is 32.1 Å². The molecule has 3 atom stereocenters. The van der Waals surface area contributed by atoms with Gasteiger partial charge in [-0.05, 0) is 24.8 Å². The molecule has 0 N–H and O–H groups in total. The number of hydrogen-bond donors (Lipinski definition) is 0. The highest BCUT2D eigenvalue weighted by molar-refractivity contribution is 5.79. The lowest BCUT2D eigenvalue weighted by Crippen LogP contribution is -2.51. The highest BCUT2D eigenvalue weighted by atomic mass is 16.5. The van der Waals surface area contributed by atoms with Gasteiger partial charge < -0.3 is 19.3 Å². The van der Waals surface area contributed by atoms with Crippen molar-refractivity contribution in [2.24, 2.45) is 13.0 Å². The van der Waals surface area contributed by atoms with Crippen LogP contribution < -0.4 is 0 Å². The maximum Gasteiger partial charge on any atom is 0.248 e. The van der Waals surface area contributed by atoms with Gasteiger partial charge in [-0.25, -0.2) is 0 Å². The van der Waals surface area contributed by atoms with Crippen molar-refractivity contribution >= 4 is 11.8 Å². The van der Waals surface area contributed by atoms with E-state index in [1.165, 1.54) is 4.90 Å². The minimum Gasteiger partial charge on any atom is -0.374 e. The minimum absolute atomic E-state index is 0.0381. The SMILES string of the molecule is CN(C)C(=O)COC[C@@H]1C[C@H]2OCCN(C(=O)Cc3ccn(C)n3)[C@H]2C1. The summed E-state index contributed by atoms with van der Waals surface area (Å²) in [4.78, 5) is 27.8. The first-order chi connectivity index (χ1) is 12.4. The first kappa shape index (κ1) is 18.8. The van der Waals surface area contributed by atoms with E-state index in [0.717, 1.165) is 18.5 Å². The number of carbonyl (C=O) groups is 2. The molecule has 1 aromatic rings. The number of nitrogens with zero attached hydrogens (tertiary/aromatic N) is 4. The average molecular weight is 364 g/mol. The molecule has 0 radical (unpaired) electrons. The summed E-state index contributed by atoms with van der Waals surface area (Å²) >= 11 is 0. The lowest BCUT2D eigenvalue weighted by atomic mass is 10.1. The van der Waals surface area contributed by atoms with Gasteiger partial charge in [0.15, 0.2) is 0 Å². The van der Waals surface area contributed by atoms with E-state index >= 15 is 0 Å². The third kappa shape index (κ3) is 4.42. The predicted octanol–water partition coefficient (Wildman–Crippen LogP) is 0.0734. The van der Waals surface area contributed by atoms with Gasteiger partial charge in [0.05, 0.1) is 37.5 Å². The van der Waals surface area contributed by atoms with E-state index in [-0.39, 0.29) is 30.6 Å². The summed E-state index contributed by atoms with van der Waals surface area (Å²) in [7, 11) is 5.28. The normalized spacial score (nSPS) is 25.2. The second-order valence-electron chi connectivity index (χ2n) is 7.36. The molecule has 144 valence electrons. The molecule has 1 saturated heterocycles. The summed E-state index contributed by atoms with van der Waals surface area (Å²) in [5, 5.41) is 4.30. The average Bonchev–Trinajstić information content (AvgIpc) is 3.19. The second-order valence-corrected chi connectivity index (χ2v) is 7.36. The third-order valence-corrected chi connectivity index (χ3v) is 5.13. The zero-order valence-corrected chi connectivity index (χ0v) is 15.8. The van der Waals surface area contributed by atoms with Crippen molar-refractivity contribution < 1.29 is 19.1 Å². The zero-order chi connectivity index (χ0) is 18.7. The summed E-state index contributed by atoms with van der Waals surface area (Å²) in [6.07, 6.45) is 3.96. The molecule has 0 aromatic carbocycles. The molecule has 8 heteroatoms. The van der Waals surface area contributed by atoms with Crippen LogP contribution >= 0.6 is 0 Å². The summed E-state index contributed by atoms with van der Waals surface area (Å²) in [6, 6.07) is 1.97. The highest BCUT2D eigenvalue weighted by Gasteiger charge is 2.42. The van der Waals surface area contributed by atoms with Crippen molar-refractivity contribution in [3.63, 3.8) is 0 Å². The number of likely N-dealkylation sites (N-methyl/N-ethyl adjacent to an activating group) is 1. The molecule has 8 nitrogen and oxygen atoms in total. The van der Waals surface area contributed by atoms with Crippen LogP contribution in [0.25, 0.3) is 0 Å². The van der Waals surface area contributed by atoms with Gasteiger partial charge in [0, 0.05) is 33.9 Å². The van der Waals surface area contributed by atoms with Crippen LogP contribution in [0.5, 0.6) is 0 Å². The monoisotopic (exact) mass is 364 g/mol. The molecule has 1 aromatic heterocycles. The van der Waals surface area contributed by atoms with E-state index in [9.17, 15) is 9.59 Å². The number of rotatable bonds is 6. The second kappa shape index (κ2) is 8.18. The number of ether oxygens (including phenoxy) is 2. The smallest absolute Gasteiger partial charge is 0.248 e. The molecule has 3 rings (SSSR count). The quantitative estimate of drug-likeness (QED) is 0.714. The molecule has 1 saturated carbocycles. The Morgan fingerprint density at radius 3 is 2.88 bits per heavy atom. The van der Waals surface area contributed by atoms with Crippen molar-refractivity contribution in [1.29, 1.82) is 0 Å². The number of morpholine rings is 1. The molecule has 0 spiro atoms. The van der Waals surface area contributed by atoms with Crippen LogP contribution in [0.3, 0.4) is 0 Å². The zero-order valence-electron chi connectivity index (χ0n) is 15.8. The molecule has 1 aliphatic heterocycles. The Labute approximate surface area is 154 Å². The number of amides is 2. The Hall–Kier alpha value is -1.93. The van der Waals surface area contributed by atoms with Crippen molar-refractivity contribution in [3.8, 4) is 0 Å². The van der Waals surface area contributed by atoms with E-state index in [1.807, 2.05) is 24.2 Å². The first-order valence-corrected chi connectivity index (χ1v) is 9.11. The van der Waals surface area contributed by atoms with Crippen LogP contribution in [0, 0.1) is 5.92 Å². The number of hydrogen-bond acceptors (Lipinski definition) is 5. The van der Waals surface area contributed by atoms with E-state index in [1.54, 1.807) is 18.8 Å². The first-order valence-electron chi connectivity index (χ1n) is 9.11. The van der Waals surface area contributed by atoms with Crippen LogP contribution in [-0.2, 0) is 32.5 Å². The molecular formula is C18H28N4O4. The van der Waals surface area contributed by atoms with Crippen LogP contribution in [-0.4, -0.2) is 84.0 Å². The fraction of sp³-hybridized carbons (Fsp3) is 0.722. The topological polar surface area (TPSA) is 76.9 Å². The molecule has 2 heterocycles. The van der Waals surface area contributed by atoms with Gasteiger partial charge in [0.25, 0.3) is 0 Å².